The van der Waals surface area contributed by atoms with Crippen LogP contribution in [0.3, 0.4) is 0 Å². The summed E-state index contributed by atoms with van der Waals surface area (Å²) in [5, 5.41) is 8.36. The topological polar surface area (TPSA) is 63.3 Å². The molecule has 0 aliphatic carbocycles. The Balaban J connectivity index is 0. The van der Waals surface area contributed by atoms with Crippen molar-refractivity contribution in [2.45, 2.75) is 26.3 Å². The Morgan fingerprint density at radius 2 is 2.10 bits per heavy atom. The molecule has 0 spiro atoms. The zero-order valence-corrected chi connectivity index (χ0v) is 5.79. The third kappa shape index (κ3) is 4.28. The van der Waals surface area contributed by atoms with Crippen LogP contribution in [-0.2, 0) is 4.79 Å². The molecule has 3 N–H and O–H groups in total. The summed E-state index contributed by atoms with van der Waals surface area (Å²) in [5.41, 5.74) is 5.27. The first-order chi connectivity index (χ1) is 4.09. The second kappa shape index (κ2) is 6.16. The molecular weight excluding hydrogens is 141 g/mol. The molecule has 0 radical (unpaired) electrons. The summed E-state index contributed by atoms with van der Waals surface area (Å²) in [6, 6.07) is -0.699. The van der Waals surface area contributed by atoms with Crippen LogP contribution in [0.1, 0.15) is 20.3 Å². The molecule has 0 saturated carbocycles. The number of hydrogen-bond donors (Lipinski definition) is 2. The van der Waals surface area contributed by atoms with Gasteiger partial charge in [-0.25, -0.2) is 0 Å². The molecule has 2 atom stereocenters. The Hall–Kier alpha value is 0.430. The number of carboxylic acid groups (broad SMARTS) is 1. The van der Waals surface area contributed by atoms with Gasteiger partial charge in [0.25, 0.3) is 0 Å². The Morgan fingerprint density at radius 1 is 1.70 bits per heavy atom. The molecule has 0 amide bonds. The predicted octanol–water partition coefficient (Wildman–Crippen LogP) is -0.204. The molecule has 1 unspecified atom stereocenters. The van der Waals surface area contributed by atoms with Gasteiger partial charge in [0.2, 0.25) is 0 Å². The van der Waals surface area contributed by atoms with E-state index >= 15 is 0 Å². The van der Waals surface area contributed by atoms with Crippen molar-refractivity contribution >= 4 is 35.5 Å². The molecule has 0 bridgehead atoms. The van der Waals surface area contributed by atoms with Gasteiger partial charge in [-0.2, -0.15) is 0 Å². The average molecular weight is 155 g/mol. The van der Waals surface area contributed by atoms with Crippen molar-refractivity contribution < 1.29 is 9.90 Å². The van der Waals surface area contributed by atoms with Gasteiger partial charge < -0.3 is 10.8 Å². The van der Waals surface area contributed by atoms with E-state index < -0.39 is 12.0 Å². The van der Waals surface area contributed by atoms with Crippen LogP contribution in [0.4, 0.5) is 0 Å². The minimum absolute atomic E-state index is 0. The second-order valence-corrected chi connectivity index (χ2v) is 2.25. The third-order valence-electron chi connectivity index (χ3n) is 1.54. The maximum atomic E-state index is 10.2. The number of aliphatic carboxylic acids is 1. The number of rotatable bonds is 3. The van der Waals surface area contributed by atoms with Gasteiger partial charge in [0.1, 0.15) is 6.04 Å². The Labute approximate surface area is 83.3 Å². The molecule has 0 aliphatic rings. The van der Waals surface area contributed by atoms with Gasteiger partial charge in [0.05, 0.1) is 0 Å². The molecule has 0 aromatic rings. The Morgan fingerprint density at radius 3 is 2.20 bits per heavy atom. The minimum atomic E-state index is -0.913. The maximum absolute atomic E-state index is 10.2. The summed E-state index contributed by atoms with van der Waals surface area (Å²) in [7, 11) is 0. The van der Waals surface area contributed by atoms with Crippen molar-refractivity contribution in [3.8, 4) is 0 Å². The van der Waals surface area contributed by atoms with Crippen molar-refractivity contribution in [1.29, 1.82) is 0 Å². The average Bonchev–Trinajstić information content (AvgIpc) is 1.84. The van der Waals surface area contributed by atoms with Crippen LogP contribution in [0.15, 0.2) is 0 Å². The molecule has 4 heteroatoms. The first kappa shape index (κ1) is 13.1. The summed E-state index contributed by atoms with van der Waals surface area (Å²) in [6.45, 7) is 3.76. The van der Waals surface area contributed by atoms with Crippen LogP contribution in [0, 0.1) is 5.92 Å². The fourth-order valence-electron chi connectivity index (χ4n) is 0.497. The molecule has 0 fully saturated rings. The van der Waals surface area contributed by atoms with Gasteiger partial charge in [0.15, 0.2) is 0 Å². The van der Waals surface area contributed by atoms with Crippen LogP contribution < -0.4 is 5.73 Å². The third-order valence-corrected chi connectivity index (χ3v) is 1.54. The first-order valence-corrected chi connectivity index (χ1v) is 3.08. The molecule has 56 valence electrons. The quantitative estimate of drug-likeness (QED) is 0.554. The standard InChI is InChI=1S/C6H13NO2.Na.H/c1-3-4(2)5(7)6(8)9;;/h4-5H,3,7H2,1-2H3,(H,8,9);;/t4?,5-;;/m0../s1. The van der Waals surface area contributed by atoms with Gasteiger partial charge in [-0.15, -0.1) is 0 Å². The van der Waals surface area contributed by atoms with E-state index in [2.05, 4.69) is 0 Å². The van der Waals surface area contributed by atoms with Gasteiger partial charge >= 0.3 is 35.5 Å². The van der Waals surface area contributed by atoms with Gasteiger partial charge in [-0.05, 0) is 5.92 Å². The molecule has 0 aliphatic heterocycles. The molecule has 0 aromatic carbocycles. The molecule has 10 heavy (non-hydrogen) atoms. The fraction of sp³-hybridized carbons (Fsp3) is 0.833. The molecule has 0 heterocycles. The summed E-state index contributed by atoms with van der Waals surface area (Å²) in [6.07, 6.45) is 0.813. The number of carboxylic acids is 1. The van der Waals surface area contributed by atoms with E-state index in [0.717, 1.165) is 6.42 Å². The van der Waals surface area contributed by atoms with Crippen LogP contribution in [0.5, 0.6) is 0 Å². The molecular formula is C6H14NNaO2. The fourth-order valence-corrected chi connectivity index (χ4v) is 0.497. The summed E-state index contributed by atoms with van der Waals surface area (Å²) in [4.78, 5) is 10.2. The van der Waals surface area contributed by atoms with Gasteiger partial charge in [-0.3, -0.25) is 4.79 Å². The van der Waals surface area contributed by atoms with Crippen molar-refractivity contribution in [2.24, 2.45) is 11.7 Å². The van der Waals surface area contributed by atoms with Gasteiger partial charge in [-0.1, -0.05) is 20.3 Å². The van der Waals surface area contributed by atoms with Crippen molar-refractivity contribution in [3.05, 3.63) is 0 Å². The van der Waals surface area contributed by atoms with E-state index in [1.807, 2.05) is 13.8 Å². The number of carbonyl (C=O) groups is 1. The zero-order valence-electron chi connectivity index (χ0n) is 5.79. The molecule has 0 aromatic heterocycles. The second-order valence-electron chi connectivity index (χ2n) is 2.25. The van der Waals surface area contributed by atoms with E-state index in [0.29, 0.717) is 0 Å². The first-order valence-electron chi connectivity index (χ1n) is 3.08. The van der Waals surface area contributed by atoms with Crippen LogP contribution in [-0.4, -0.2) is 46.7 Å². The molecule has 3 nitrogen and oxygen atoms in total. The number of nitrogens with two attached hydrogens (primary N) is 1. The van der Waals surface area contributed by atoms with Crippen LogP contribution >= 0.6 is 0 Å². The van der Waals surface area contributed by atoms with Crippen molar-refractivity contribution in [3.63, 3.8) is 0 Å². The van der Waals surface area contributed by atoms with E-state index in [-0.39, 0.29) is 35.5 Å². The summed E-state index contributed by atoms with van der Waals surface area (Å²) < 4.78 is 0. The van der Waals surface area contributed by atoms with Crippen LogP contribution in [0.25, 0.3) is 0 Å². The Bertz CT molecular complexity index is 108. The van der Waals surface area contributed by atoms with Crippen LogP contribution in [0.2, 0.25) is 0 Å². The van der Waals surface area contributed by atoms with Gasteiger partial charge in [0, 0.05) is 0 Å². The van der Waals surface area contributed by atoms with E-state index in [1.54, 1.807) is 0 Å². The van der Waals surface area contributed by atoms with Crippen molar-refractivity contribution in [2.75, 3.05) is 0 Å². The van der Waals surface area contributed by atoms with E-state index in [1.165, 1.54) is 0 Å². The predicted molar refractivity (Wildman–Crippen MR) is 42.2 cm³/mol. The molecule has 0 saturated heterocycles. The molecule has 0 rings (SSSR count). The summed E-state index contributed by atoms with van der Waals surface area (Å²) >= 11 is 0. The van der Waals surface area contributed by atoms with E-state index in [4.69, 9.17) is 10.8 Å². The monoisotopic (exact) mass is 155 g/mol. The van der Waals surface area contributed by atoms with Crippen molar-refractivity contribution in [1.82, 2.24) is 0 Å². The summed E-state index contributed by atoms with van der Waals surface area (Å²) in [5.74, 6) is -0.841. The number of hydrogen-bond acceptors (Lipinski definition) is 2. The Kier molecular flexibility index (Phi) is 8.04. The SMILES string of the molecule is CCC(C)[C@H](N)C(=O)O.[NaH]. The normalized spacial score (nSPS) is 15.1. The van der Waals surface area contributed by atoms with E-state index in [9.17, 15) is 4.79 Å². The zero-order chi connectivity index (χ0) is 7.44.